The van der Waals surface area contributed by atoms with Crippen LogP contribution < -0.4 is 5.14 Å². The zero-order chi connectivity index (χ0) is 22.6. The molecule has 0 saturated carbocycles. The van der Waals surface area contributed by atoms with E-state index >= 15 is 0 Å². The van der Waals surface area contributed by atoms with Gasteiger partial charge >= 0.3 is 5.97 Å². The van der Waals surface area contributed by atoms with E-state index in [1.807, 2.05) is 4.57 Å². The molecule has 0 aliphatic rings. The van der Waals surface area contributed by atoms with Gasteiger partial charge in [0.15, 0.2) is 5.78 Å². The van der Waals surface area contributed by atoms with Crippen LogP contribution in [0.5, 0.6) is 0 Å². The second kappa shape index (κ2) is 9.90. The molecule has 31 heavy (non-hydrogen) atoms. The molecule has 2 N–H and O–H groups in total. The molecule has 0 radical (unpaired) electrons. The number of benzene rings is 1. The third-order valence-electron chi connectivity index (χ3n) is 4.63. The molecule has 0 spiro atoms. The van der Waals surface area contributed by atoms with Crippen molar-refractivity contribution in [3.63, 3.8) is 0 Å². The van der Waals surface area contributed by atoms with Crippen molar-refractivity contribution in [1.29, 1.82) is 0 Å². The third kappa shape index (κ3) is 5.91. The average Bonchev–Trinajstić information content (AvgIpc) is 3.31. The molecule has 166 valence electrons. The number of aromatic nitrogens is 2. The van der Waals surface area contributed by atoms with E-state index in [4.69, 9.17) is 21.5 Å². The number of imidazole rings is 1. The van der Waals surface area contributed by atoms with Gasteiger partial charge in [-0.3, -0.25) is 9.59 Å². The number of carbonyl (C=O) groups excluding carboxylic acids is 2. The molecule has 0 saturated heterocycles. The van der Waals surface area contributed by atoms with Crippen molar-refractivity contribution in [3.8, 4) is 0 Å². The summed E-state index contributed by atoms with van der Waals surface area (Å²) in [6.45, 7) is 2.61. The topological polar surface area (TPSA) is 121 Å². The van der Waals surface area contributed by atoms with Gasteiger partial charge in [0.05, 0.1) is 31.6 Å². The fourth-order valence-corrected chi connectivity index (χ4v) is 4.58. The smallest absolute Gasteiger partial charge is 0.306 e. The number of hydrogen-bond donors (Lipinski definition) is 1. The summed E-state index contributed by atoms with van der Waals surface area (Å²) in [6.07, 6.45) is 1.79. The van der Waals surface area contributed by atoms with Crippen molar-refractivity contribution < 1.29 is 22.7 Å². The number of rotatable bonds is 10. The number of aryl methyl sites for hydroxylation is 1. The molecule has 2 aromatic heterocycles. The van der Waals surface area contributed by atoms with Gasteiger partial charge in [0.1, 0.15) is 12.4 Å². The van der Waals surface area contributed by atoms with Gasteiger partial charge in [-0.1, -0.05) is 24.9 Å². The van der Waals surface area contributed by atoms with Crippen LogP contribution in [-0.4, -0.2) is 29.7 Å². The Morgan fingerprint density at radius 2 is 2.00 bits per heavy atom. The van der Waals surface area contributed by atoms with E-state index < -0.39 is 16.0 Å². The Kier molecular flexibility index (Phi) is 7.47. The molecule has 0 aliphatic carbocycles. The van der Waals surface area contributed by atoms with Gasteiger partial charge in [0.25, 0.3) is 0 Å². The van der Waals surface area contributed by atoms with Crippen molar-refractivity contribution in [1.82, 2.24) is 9.55 Å². The minimum atomic E-state index is -3.85. The van der Waals surface area contributed by atoms with Crippen molar-refractivity contribution in [3.05, 3.63) is 45.4 Å². The standard InChI is InChI=1S/C20H22ClN3O5S2/c1-2-3-10-24-15-5-4-13(31(22,27)28)11-14(15)23-19(24)12-29-20(26)9-6-16(25)17-7-8-18(21)30-17/h4-5,7-8,11H,2-3,6,9-10,12H2,1H3,(H2,22,27,28). The summed E-state index contributed by atoms with van der Waals surface area (Å²) in [5, 5.41) is 5.21. The highest BCUT2D eigenvalue weighted by Crippen LogP contribution is 2.24. The van der Waals surface area contributed by atoms with Crippen molar-refractivity contribution in [2.24, 2.45) is 5.14 Å². The van der Waals surface area contributed by atoms with Gasteiger partial charge in [-0.25, -0.2) is 18.5 Å². The fraction of sp³-hybridized carbons (Fsp3) is 0.350. The van der Waals surface area contributed by atoms with Gasteiger partial charge < -0.3 is 9.30 Å². The van der Waals surface area contributed by atoms with Crippen LogP contribution in [0.4, 0.5) is 0 Å². The number of Topliss-reactive ketones (excluding diaryl/α,β-unsaturated/α-hetero) is 1. The minimum absolute atomic E-state index is 0.0274. The first kappa shape index (κ1) is 23.4. The number of hydrogen-bond acceptors (Lipinski definition) is 7. The molecule has 1 aromatic carbocycles. The van der Waals surface area contributed by atoms with Crippen LogP contribution in [0.2, 0.25) is 4.34 Å². The summed E-state index contributed by atoms with van der Waals surface area (Å²) in [5.74, 6) is -0.186. The number of nitrogens with two attached hydrogens (primary N) is 1. The maximum atomic E-state index is 12.2. The molecule has 0 fully saturated rings. The van der Waals surface area contributed by atoms with Crippen LogP contribution >= 0.6 is 22.9 Å². The maximum absolute atomic E-state index is 12.2. The van der Waals surface area contributed by atoms with E-state index in [0.29, 0.717) is 27.1 Å². The summed E-state index contributed by atoms with van der Waals surface area (Å²) >= 11 is 7.00. The summed E-state index contributed by atoms with van der Waals surface area (Å²) in [5.41, 5.74) is 1.19. The van der Waals surface area contributed by atoms with E-state index in [1.54, 1.807) is 18.2 Å². The van der Waals surface area contributed by atoms with Gasteiger partial charge in [-0.05, 0) is 36.8 Å². The number of carbonyl (C=O) groups is 2. The van der Waals surface area contributed by atoms with Crippen LogP contribution in [0.25, 0.3) is 11.0 Å². The van der Waals surface area contributed by atoms with Crippen molar-refractivity contribution in [2.75, 3.05) is 0 Å². The molecule has 0 aliphatic heterocycles. The molecular formula is C20H22ClN3O5S2. The Hall–Kier alpha value is -2.27. The number of esters is 1. The zero-order valence-corrected chi connectivity index (χ0v) is 19.2. The lowest BCUT2D eigenvalue weighted by Crippen LogP contribution is -2.12. The van der Waals surface area contributed by atoms with E-state index in [2.05, 4.69) is 11.9 Å². The van der Waals surface area contributed by atoms with Crippen LogP contribution in [0, 0.1) is 0 Å². The number of fused-ring (bicyclic) bond motifs is 1. The summed E-state index contributed by atoms with van der Waals surface area (Å²) in [4.78, 5) is 29.2. The Morgan fingerprint density at radius 1 is 1.23 bits per heavy atom. The van der Waals surface area contributed by atoms with Gasteiger partial charge in [0.2, 0.25) is 10.0 Å². The maximum Gasteiger partial charge on any atom is 0.306 e. The fourth-order valence-electron chi connectivity index (χ4n) is 3.03. The SMILES string of the molecule is CCCCn1c(COC(=O)CCC(=O)c2ccc(Cl)s2)nc2cc(S(N)(=O)=O)ccc21. The third-order valence-corrected chi connectivity index (χ3v) is 6.81. The van der Waals surface area contributed by atoms with Crippen LogP contribution in [-0.2, 0) is 32.7 Å². The number of sulfonamides is 1. The number of thiophene rings is 1. The number of nitrogens with zero attached hydrogens (tertiary/aromatic N) is 2. The Labute approximate surface area is 189 Å². The predicted molar refractivity (Wildman–Crippen MR) is 119 cm³/mol. The highest BCUT2D eigenvalue weighted by atomic mass is 35.5. The second-order valence-corrected chi connectivity index (χ2v) is 10.2. The Morgan fingerprint density at radius 3 is 2.65 bits per heavy atom. The summed E-state index contributed by atoms with van der Waals surface area (Å²) < 4.78 is 31.0. The lowest BCUT2D eigenvalue weighted by molar-refractivity contribution is -0.145. The Balaban J connectivity index is 1.70. The molecule has 8 nitrogen and oxygen atoms in total. The van der Waals surface area contributed by atoms with Gasteiger partial charge in [0, 0.05) is 13.0 Å². The zero-order valence-electron chi connectivity index (χ0n) is 16.8. The number of ether oxygens (including phenoxy) is 1. The molecular weight excluding hydrogens is 462 g/mol. The predicted octanol–water partition coefficient (Wildman–Crippen LogP) is 3.91. The number of unbranched alkanes of at least 4 members (excludes halogenated alkanes) is 1. The van der Waals surface area contributed by atoms with Gasteiger partial charge in [-0.2, -0.15) is 0 Å². The first-order chi connectivity index (χ1) is 14.7. The molecule has 0 amide bonds. The lowest BCUT2D eigenvalue weighted by Gasteiger charge is -2.09. The quantitative estimate of drug-likeness (QED) is 0.344. The van der Waals surface area contributed by atoms with Gasteiger partial charge in [-0.15, -0.1) is 11.3 Å². The monoisotopic (exact) mass is 483 g/mol. The second-order valence-electron chi connectivity index (χ2n) is 6.92. The first-order valence-corrected chi connectivity index (χ1v) is 12.4. The van der Waals surface area contributed by atoms with Crippen LogP contribution in [0.15, 0.2) is 35.2 Å². The highest BCUT2D eigenvalue weighted by Gasteiger charge is 2.17. The molecule has 0 atom stereocenters. The number of halogens is 1. The molecule has 0 bridgehead atoms. The average molecular weight is 484 g/mol. The lowest BCUT2D eigenvalue weighted by atomic mass is 10.2. The normalized spacial score (nSPS) is 11.7. The summed E-state index contributed by atoms with van der Waals surface area (Å²) in [7, 11) is -3.85. The van der Waals surface area contributed by atoms with E-state index in [9.17, 15) is 18.0 Å². The highest BCUT2D eigenvalue weighted by molar-refractivity contribution is 7.89. The molecule has 3 aromatic rings. The number of primary sulfonamides is 1. The Bertz CT molecular complexity index is 1220. The molecule has 0 unspecified atom stereocenters. The van der Waals surface area contributed by atoms with Crippen molar-refractivity contribution >= 4 is 55.7 Å². The van der Waals surface area contributed by atoms with Crippen molar-refractivity contribution in [2.45, 2.75) is 50.7 Å². The van der Waals surface area contributed by atoms with E-state index in [-0.39, 0.29) is 30.1 Å². The molecule has 2 heterocycles. The van der Waals surface area contributed by atoms with E-state index in [1.165, 1.54) is 23.5 Å². The largest absolute Gasteiger partial charge is 0.457 e. The van der Waals surface area contributed by atoms with Crippen LogP contribution in [0.1, 0.15) is 48.1 Å². The first-order valence-electron chi connectivity index (χ1n) is 9.65. The molecule has 3 rings (SSSR count). The molecule has 11 heteroatoms. The van der Waals surface area contributed by atoms with E-state index in [0.717, 1.165) is 18.4 Å². The summed E-state index contributed by atoms with van der Waals surface area (Å²) in [6, 6.07) is 7.75. The minimum Gasteiger partial charge on any atom is -0.457 e. The number of ketones is 1. The van der Waals surface area contributed by atoms with Crippen LogP contribution in [0.3, 0.4) is 0 Å².